The molecule has 2 aromatic carbocycles. The highest BCUT2D eigenvalue weighted by molar-refractivity contribution is 5.73. The van der Waals surface area contributed by atoms with Crippen molar-refractivity contribution in [3.63, 3.8) is 0 Å². The van der Waals surface area contributed by atoms with Crippen molar-refractivity contribution in [2.24, 2.45) is 17.8 Å². The Morgan fingerprint density at radius 2 is 1.58 bits per heavy atom. The van der Waals surface area contributed by atoms with Gasteiger partial charge >= 0.3 is 5.97 Å². The van der Waals surface area contributed by atoms with E-state index in [0.717, 1.165) is 64.8 Å². The summed E-state index contributed by atoms with van der Waals surface area (Å²) in [5.41, 5.74) is 1.41. The van der Waals surface area contributed by atoms with Gasteiger partial charge in [-0.2, -0.15) is 0 Å². The highest BCUT2D eigenvalue weighted by Gasteiger charge is 2.41. The van der Waals surface area contributed by atoms with Gasteiger partial charge in [0.05, 0.1) is 0 Å². The zero-order valence-electron chi connectivity index (χ0n) is 22.4. The normalized spacial score (nSPS) is 24.8. The van der Waals surface area contributed by atoms with Gasteiger partial charge in [-0.05, 0) is 62.1 Å². The van der Waals surface area contributed by atoms with E-state index in [9.17, 15) is 18.7 Å². The fourth-order valence-electron chi connectivity index (χ4n) is 6.87. The number of nitrogens with zero attached hydrogens (tertiary/aromatic N) is 2. The van der Waals surface area contributed by atoms with Crippen LogP contribution in [0.15, 0.2) is 60.7 Å². The zero-order chi connectivity index (χ0) is 26.5. The van der Waals surface area contributed by atoms with Gasteiger partial charge in [-0.1, -0.05) is 79.9 Å². The maximum absolute atomic E-state index is 14.7. The fourth-order valence-corrected chi connectivity index (χ4v) is 6.87. The first-order valence-corrected chi connectivity index (χ1v) is 14.6. The Labute approximate surface area is 226 Å². The van der Waals surface area contributed by atoms with Gasteiger partial charge in [0.15, 0.2) is 0 Å². The highest BCUT2D eigenvalue weighted by atomic mass is 19.3. The molecule has 1 saturated carbocycles. The van der Waals surface area contributed by atoms with Crippen LogP contribution >= 0.6 is 0 Å². The minimum Gasteiger partial charge on any atom is -0.480 e. The number of aliphatic carboxylic acids is 1. The molecule has 1 N–H and O–H groups in total. The topological polar surface area (TPSA) is 43.8 Å². The van der Waals surface area contributed by atoms with E-state index in [1.54, 1.807) is 18.2 Å². The van der Waals surface area contributed by atoms with Crippen LogP contribution in [0.1, 0.15) is 68.4 Å². The zero-order valence-corrected chi connectivity index (χ0v) is 22.4. The lowest BCUT2D eigenvalue weighted by Gasteiger charge is -2.35. The van der Waals surface area contributed by atoms with Gasteiger partial charge in [0, 0.05) is 37.5 Å². The van der Waals surface area contributed by atoms with Crippen molar-refractivity contribution in [3.05, 3.63) is 71.8 Å². The van der Waals surface area contributed by atoms with E-state index < -0.39 is 17.9 Å². The Morgan fingerprint density at radius 1 is 0.921 bits per heavy atom. The predicted molar refractivity (Wildman–Crippen MR) is 146 cm³/mol. The van der Waals surface area contributed by atoms with Crippen LogP contribution in [-0.4, -0.2) is 59.6 Å². The molecule has 3 fully saturated rings. The summed E-state index contributed by atoms with van der Waals surface area (Å²) in [6, 6.07) is 18.4. The molecule has 2 aliphatic heterocycles. The molecular weight excluding hydrogens is 482 g/mol. The predicted octanol–water partition coefficient (Wildman–Crippen LogP) is 6.63. The molecule has 0 aromatic heterocycles. The minimum absolute atomic E-state index is 0.0904. The Bertz CT molecular complexity index is 1020. The van der Waals surface area contributed by atoms with Crippen LogP contribution in [0.4, 0.5) is 8.78 Å². The number of rotatable bonds is 11. The molecule has 0 radical (unpaired) electrons. The number of likely N-dealkylation sites (tertiary alicyclic amines) is 2. The second-order valence-corrected chi connectivity index (χ2v) is 12.0. The average Bonchev–Trinajstić information content (AvgIpc) is 3.31. The number of carbonyl (C=O) groups is 1. The Balaban J connectivity index is 1.17. The van der Waals surface area contributed by atoms with E-state index in [-0.39, 0.29) is 12.0 Å². The van der Waals surface area contributed by atoms with Gasteiger partial charge in [0.1, 0.15) is 6.04 Å². The Kier molecular flexibility index (Phi) is 8.79. The number of alkyl halides is 2. The summed E-state index contributed by atoms with van der Waals surface area (Å²) in [6.45, 7) is 4.42. The summed E-state index contributed by atoms with van der Waals surface area (Å²) >= 11 is 0. The van der Waals surface area contributed by atoms with Gasteiger partial charge < -0.3 is 10.0 Å². The first kappa shape index (κ1) is 27.3. The van der Waals surface area contributed by atoms with Crippen molar-refractivity contribution in [1.29, 1.82) is 0 Å². The smallest absolute Gasteiger partial charge is 0.320 e. The lowest BCUT2D eigenvalue weighted by molar-refractivity contribution is -0.144. The average molecular weight is 525 g/mol. The summed E-state index contributed by atoms with van der Waals surface area (Å²) < 4.78 is 29.3. The van der Waals surface area contributed by atoms with Crippen LogP contribution in [0, 0.1) is 17.8 Å². The van der Waals surface area contributed by atoms with Crippen molar-refractivity contribution in [3.8, 4) is 0 Å². The molecule has 3 atom stereocenters. The standard InChI is InChI=1S/C32H42F2N2O2/c33-32(34,28-12-5-2-6-13-28)17-14-24-15-18-35(19-16-24)21-27-22-36(23-29(27)26-10-3-1-4-11-26)30(31(37)38)20-25-8-7-9-25/h1-6,10-13,24-25,27,29-30H,7-9,14-23H2,(H,37,38)/t27?,29?,30-/m1/s1. The van der Waals surface area contributed by atoms with E-state index in [2.05, 4.69) is 34.1 Å². The third-order valence-electron chi connectivity index (χ3n) is 9.47. The van der Waals surface area contributed by atoms with Gasteiger partial charge in [-0.15, -0.1) is 0 Å². The molecule has 5 rings (SSSR count). The molecule has 0 spiro atoms. The van der Waals surface area contributed by atoms with E-state index in [1.807, 2.05) is 6.07 Å². The van der Waals surface area contributed by atoms with E-state index in [1.165, 1.54) is 24.1 Å². The maximum Gasteiger partial charge on any atom is 0.320 e. The molecule has 2 unspecified atom stereocenters. The second kappa shape index (κ2) is 12.3. The van der Waals surface area contributed by atoms with Crippen LogP contribution in [-0.2, 0) is 10.7 Å². The number of benzene rings is 2. The first-order chi connectivity index (χ1) is 18.4. The molecule has 2 saturated heterocycles. The van der Waals surface area contributed by atoms with Crippen LogP contribution in [0.3, 0.4) is 0 Å². The molecule has 4 nitrogen and oxygen atoms in total. The van der Waals surface area contributed by atoms with E-state index >= 15 is 0 Å². The summed E-state index contributed by atoms with van der Waals surface area (Å²) in [5, 5.41) is 10.1. The highest BCUT2D eigenvalue weighted by Crippen LogP contribution is 2.39. The molecule has 0 bridgehead atoms. The van der Waals surface area contributed by atoms with Gasteiger partial charge in [-0.25, -0.2) is 8.78 Å². The fraction of sp³-hybridized carbons (Fsp3) is 0.594. The molecule has 0 amide bonds. The molecule has 38 heavy (non-hydrogen) atoms. The maximum atomic E-state index is 14.7. The number of hydrogen-bond donors (Lipinski definition) is 1. The molecule has 2 aromatic rings. The number of carboxylic acids is 1. The summed E-state index contributed by atoms with van der Waals surface area (Å²) in [7, 11) is 0. The van der Waals surface area contributed by atoms with Gasteiger partial charge in [-0.3, -0.25) is 9.69 Å². The van der Waals surface area contributed by atoms with E-state index in [0.29, 0.717) is 30.1 Å². The number of carboxylic acid groups (broad SMARTS) is 1. The molecule has 2 heterocycles. The van der Waals surface area contributed by atoms with Crippen molar-refractivity contribution in [1.82, 2.24) is 9.80 Å². The lowest BCUT2D eigenvalue weighted by atomic mass is 9.80. The number of hydrogen-bond acceptors (Lipinski definition) is 3. The Hall–Kier alpha value is -2.31. The lowest BCUT2D eigenvalue weighted by Crippen LogP contribution is -2.43. The first-order valence-electron chi connectivity index (χ1n) is 14.6. The van der Waals surface area contributed by atoms with Crippen LogP contribution < -0.4 is 0 Å². The number of piperidine rings is 1. The molecule has 1 aliphatic carbocycles. The molecule has 3 aliphatic rings. The summed E-state index contributed by atoms with van der Waals surface area (Å²) in [6.07, 6.45) is 6.70. The van der Waals surface area contributed by atoms with Crippen molar-refractivity contribution in [2.75, 3.05) is 32.7 Å². The minimum atomic E-state index is -2.77. The van der Waals surface area contributed by atoms with Crippen molar-refractivity contribution >= 4 is 5.97 Å². The molecule has 206 valence electrons. The van der Waals surface area contributed by atoms with Gasteiger partial charge in [0.25, 0.3) is 5.92 Å². The van der Waals surface area contributed by atoms with Crippen LogP contribution in [0.5, 0.6) is 0 Å². The monoisotopic (exact) mass is 524 g/mol. The Morgan fingerprint density at radius 3 is 2.18 bits per heavy atom. The number of halogens is 2. The molecule has 6 heteroatoms. The SMILES string of the molecule is O=C(O)[C@@H](CC1CCC1)N1CC(CN2CCC(CCC(F)(F)c3ccccc3)CC2)C(c2ccccc2)C1. The molecular formula is C32H42F2N2O2. The van der Waals surface area contributed by atoms with Crippen molar-refractivity contribution in [2.45, 2.75) is 69.2 Å². The summed E-state index contributed by atoms with van der Waals surface area (Å²) in [4.78, 5) is 17.0. The largest absolute Gasteiger partial charge is 0.480 e. The second-order valence-electron chi connectivity index (χ2n) is 12.0. The third kappa shape index (κ3) is 6.63. The van der Waals surface area contributed by atoms with Crippen LogP contribution in [0.2, 0.25) is 0 Å². The van der Waals surface area contributed by atoms with Crippen LogP contribution in [0.25, 0.3) is 0 Å². The quantitative estimate of drug-likeness (QED) is 0.358. The van der Waals surface area contributed by atoms with E-state index in [4.69, 9.17) is 0 Å². The third-order valence-corrected chi connectivity index (χ3v) is 9.47. The van der Waals surface area contributed by atoms with Crippen molar-refractivity contribution < 1.29 is 18.7 Å². The summed E-state index contributed by atoms with van der Waals surface area (Å²) in [5.74, 6) is -1.86. The van der Waals surface area contributed by atoms with Gasteiger partial charge in [0.2, 0.25) is 0 Å².